The highest BCUT2D eigenvalue weighted by atomic mass is 15.3. The van der Waals surface area contributed by atoms with Crippen LogP contribution in [0.2, 0.25) is 0 Å². The van der Waals surface area contributed by atoms with Crippen LogP contribution in [-0.2, 0) is 0 Å². The van der Waals surface area contributed by atoms with Crippen LogP contribution < -0.4 is 0 Å². The molecule has 4 atom stereocenters. The molecular weight excluding hydrogens is 955 g/mol. The second-order valence-electron chi connectivity index (χ2n) is 27.1. The Morgan fingerprint density at radius 3 is 0.883 bits per heavy atom. The van der Waals surface area contributed by atoms with Crippen LogP contribution in [0.15, 0.2) is 0 Å². The molecule has 0 aromatic carbocycles. The Morgan fingerprint density at radius 2 is 0.584 bits per heavy atom. The second-order valence-corrected chi connectivity index (χ2v) is 27.1. The summed E-state index contributed by atoms with van der Waals surface area (Å²) >= 11 is 0. The molecule has 0 bridgehead atoms. The standard InChI is InChI=1S/C10H20N2.C10H24N2.C8H16N2.C8H18N2.C7H16N2.C7H15N.C6H14N2.C6H16N2/c1-11-7-8-12(2)10-6-4-3-5-9(10)11;1-11(2)9-7-5-6-8-10-12(3)4;1-9-3-7-5-10(2)6-8(7)4-9;1-7-5-10(4)8(2)6-9(7)3;1-8-4-3-5-9(2)7-6-8;2*1-7-3-5-8(2)6-4-7;1-7(2)5-6-8(3)4/h9-10H,3-8H2,1-2H3;5-10H2,1-4H3;7-8H,3-6H2,1-2H3;7-8H,5-6H2,1-4H3;3-7H2,1-2H3;7H,3-6H2,1-2H3;3-6H2,1-2H3;5-6H2,1-4H3. The maximum absolute atomic E-state index is 2.56. The van der Waals surface area contributed by atoms with E-state index in [0.29, 0.717) is 0 Å². The summed E-state index contributed by atoms with van der Waals surface area (Å²) in [5.41, 5.74) is 0. The van der Waals surface area contributed by atoms with Crippen LogP contribution in [-0.4, -0.2) is 376 Å². The predicted octanol–water partition coefficient (Wildman–Crippen LogP) is 5.17. The monoisotopic (exact) mass is 1090 g/mol. The van der Waals surface area contributed by atoms with E-state index in [2.05, 4.69) is 228 Å². The lowest BCUT2D eigenvalue weighted by molar-refractivity contribution is 0.0263. The average Bonchev–Trinajstić information content (AvgIpc) is 3.82. The van der Waals surface area contributed by atoms with Gasteiger partial charge in [0.05, 0.1) is 0 Å². The van der Waals surface area contributed by atoms with Crippen molar-refractivity contribution in [1.29, 1.82) is 0 Å². The fraction of sp³-hybridized carbons (Fsp3) is 1.00. The summed E-state index contributed by atoms with van der Waals surface area (Å²) in [5, 5.41) is 0. The van der Waals surface area contributed by atoms with E-state index in [1.807, 2.05) is 0 Å². The highest BCUT2D eigenvalue weighted by Gasteiger charge is 2.37. The number of nitrogens with zero attached hydrogens (tertiary/aromatic N) is 15. The maximum atomic E-state index is 2.56. The molecule has 8 aliphatic rings. The largest absolute Gasteiger partial charge is 0.309 e. The number of hydrogen-bond acceptors (Lipinski definition) is 15. The van der Waals surface area contributed by atoms with Crippen LogP contribution in [0.5, 0.6) is 0 Å². The highest BCUT2D eigenvalue weighted by molar-refractivity contribution is 4.92. The Hall–Kier alpha value is -0.600. The average molecular weight is 1090 g/mol. The number of fused-ring (bicyclic) bond motifs is 2. The van der Waals surface area contributed by atoms with E-state index in [9.17, 15) is 0 Å². The first-order chi connectivity index (χ1) is 36.3. The highest BCUT2D eigenvalue weighted by Crippen LogP contribution is 2.29. The Morgan fingerprint density at radius 1 is 0.286 bits per heavy atom. The summed E-state index contributed by atoms with van der Waals surface area (Å²) in [7, 11) is 41.3. The van der Waals surface area contributed by atoms with Crippen molar-refractivity contribution < 1.29 is 0 Å². The molecule has 462 valence electrons. The van der Waals surface area contributed by atoms with Crippen molar-refractivity contribution in [1.82, 2.24) is 73.5 Å². The van der Waals surface area contributed by atoms with Gasteiger partial charge in [0, 0.05) is 129 Å². The molecule has 1 aliphatic carbocycles. The zero-order chi connectivity index (χ0) is 58.0. The van der Waals surface area contributed by atoms with Crippen LogP contribution in [0.3, 0.4) is 0 Å². The van der Waals surface area contributed by atoms with Crippen LogP contribution in [0.1, 0.15) is 91.4 Å². The van der Waals surface area contributed by atoms with Gasteiger partial charge in [-0.3, -0.25) is 0 Å². The van der Waals surface area contributed by atoms with E-state index in [1.54, 1.807) is 0 Å². The first kappa shape index (κ1) is 74.4. The molecule has 8 rings (SSSR count). The molecule has 15 nitrogen and oxygen atoms in total. The number of unbranched alkanes of at least 4 members (excludes halogenated alkanes) is 3. The number of likely N-dealkylation sites (tertiary alicyclic amines) is 3. The molecule has 8 fully saturated rings. The predicted molar refractivity (Wildman–Crippen MR) is 341 cm³/mol. The third-order valence-electron chi connectivity index (χ3n) is 17.7. The molecular formula is C62H139N15. The number of likely N-dealkylation sites (N-methyl/N-ethyl adjacent to an activating group) is 10. The normalized spacial score (nSPS) is 28.1. The van der Waals surface area contributed by atoms with E-state index in [-0.39, 0.29) is 0 Å². The van der Waals surface area contributed by atoms with Crippen molar-refractivity contribution >= 4 is 0 Å². The van der Waals surface area contributed by atoms with Crippen molar-refractivity contribution in [3.05, 3.63) is 0 Å². The van der Waals surface area contributed by atoms with E-state index in [0.717, 1.165) is 55.0 Å². The van der Waals surface area contributed by atoms with Gasteiger partial charge in [0.25, 0.3) is 0 Å². The molecule has 0 N–H and O–H groups in total. The third-order valence-corrected chi connectivity index (χ3v) is 17.7. The Labute approximate surface area is 482 Å². The van der Waals surface area contributed by atoms with Gasteiger partial charge in [0.1, 0.15) is 0 Å². The fourth-order valence-electron chi connectivity index (χ4n) is 11.5. The lowest BCUT2D eigenvalue weighted by Crippen LogP contribution is -2.57. The minimum absolute atomic E-state index is 0.723. The first-order valence-electron chi connectivity index (χ1n) is 31.5. The van der Waals surface area contributed by atoms with Gasteiger partial charge in [0.2, 0.25) is 0 Å². The summed E-state index contributed by atoms with van der Waals surface area (Å²) in [6, 6.07) is 3.16. The lowest BCUT2D eigenvalue weighted by atomic mass is 9.87. The van der Waals surface area contributed by atoms with Crippen LogP contribution in [0.25, 0.3) is 0 Å². The maximum Gasteiger partial charge on any atom is 0.0248 e. The van der Waals surface area contributed by atoms with E-state index < -0.39 is 0 Å². The van der Waals surface area contributed by atoms with E-state index >= 15 is 0 Å². The lowest BCUT2D eigenvalue weighted by Gasteiger charge is -2.47. The molecule has 0 aromatic rings. The van der Waals surface area contributed by atoms with Crippen molar-refractivity contribution in [2.75, 3.05) is 278 Å². The van der Waals surface area contributed by atoms with Gasteiger partial charge in [-0.2, -0.15) is 0 Å². The van der Waals surface area contributed by atoms with Crippen molar-refractivity contribution in [3.8, 4) is 0 Å². The summed E-state index contributed by atoms with van der Waals surface area (Å²) < 4.78 is 0. The van der Waals surface area contributed by atoms with Crippen LogP contribution in [0.4, 0.5) is 0 Å². The quantitative estimate of drug-likeness (QED) is 0.271. The van der Waals surface area contributed by atoms with E-state index in [4.69, 9.17) is 0 Å². The zero-order valence-corrected chi connectivity index (χ0v) is 56.1. The molecule has 4 unspecified atom stereocenters. The summed E-state index contributed by atoms with van der Waals surface area (Å²) in [4.78, 5) is 35.7. The summed E-state index contributed by atoms with van der Waals surface area (Å²) in [6.07, 6.45) is 15.3. The minimum atomic E-state index is 0.723. The van der Waals surface area contributed by atoms with Gasteiger partial charge < -0.3 is 73.5 Å². The molecule has 15 heteroatoms. The molecule has 7 saturated heterocycles. The molecule has 0 amide bonds. The van der Waals surface area contributed by atoms with Crippen molar-refractivity contribution in [2.45, 2.75) is 116 Å². The van der Waals surface area contributed by atoms with Crippen molar-refractivity contribution in [3.63, 3.8) is 0 Å². The Kier molecular flexibility index (Phi) is 41.7. The summed E-state index contributed by atoms with van der Waals surface area (Å²) in [6.45, 7) is 34.5. The topological polar surface area (TPSA) is 48.6 Å². The van der Waals surface area contributed by atoms with Gasteiger partial charge >= 0.3 is 0 Å². The number of rotatable bonds is 10. The third kappa shape index (κ3) is 37.3. The van der Waals surface area contributed by atoms with Gasteiger partial charge in [0.15, 0.2) is 0 Å². The van der Waals surface area contributed by atoms with Gasteiger partial charge in [-0.15, -0.1) is 0 Å². The number of hydrogen-bond donors (Lipinski definition) is 0. The van der Waals surface area contributed by atoms with Crippen molar-refractivity contribution in [2.24, 2.45) is 17.8 Å². The van der Waals surface area contributed by atoms with Gasteiger partial charge in [-0.1, -0.05) is 32.6 Å². The molecule has 0 spiro atoms. The Bertz CT molecular complexity index is 1200. The van der Waals surface area contributed by atoms with E-state index in [1.165, 1.54) is 202 Å². The van der Waals surface area contributed by atoms with Gasteiger partial charge in [-0.05, 0) is 250 Å². The van der Waals surface area contributed by atoms with Crippen LogP contribution >= 0.6 is 0 Å². The smallest absolute Gasteiger partial charge is 0.0248 e. The Balaban J connectivity index is 0.000000442. The fourth-order valence-corrected chi connectivity index (χ4v) is 11.5. The number of piperidine rings is 1. The molecule has 0 aromatic heterocycles. The molecule has 7 aliphatic heterocycles. The molecule has 0 radical (unpaired) electrons. The summed E-state index contributed by atoms with van der Waals surface area (Å²) in [5.74, 6) is 2.94. The van der Waals surface area contributed by atoms with Crippen LogP contribution in [0, 0.1) is 17.8 Å². The SMILES string of the molecule is CC1CCN(C)CC1.CC1CN(C)C(C)CN1C.CN(C)CCCCCCN(C)C.CN(C)CCN(C)C.CN1CC2CN(C)CC2C1.CN1CCCN(C)CC1.CN1CCN(C)C2CCCCC21.CN1CCN(C)CC1. The van der Waals surface area contributed by atoms with Gasteiger partial charge in [-0.25, -0.2) is 0 Å². The zero-order valence-electron chi connectivity index (χ0n) is 56.1. The first-order valence-corrected chi connectivity index (χ1v) is 31.5. The molecule has 7 heterocycles. The molecule has 1 saturated carbocycles. The molecule has 77 heavy (non-hydrogen) atoms. The second kappa shape index (κ2) is 43.1. The minimum Gasteiger partial charge on any atom is -0.309 e. The number of piperazine rings is 3.